The van der Waals surface area contributed by atoms with E-state index in [0.29, 0.717) is 6.54 Å². The molecule has 12 heavy (non-hydrogen) atoms. The highest BCUT2D eigenvalue weighted by molar-refractivity contribution is 4.91. The molecule has 4 heteroatoms. The van der Waals surface area contributed by atoms with Crippen LogP contribution < -0.4 is 5.32 Å². The number of nitrogens with one attached hydrogen (secondary N) is 1. The Bertz CT molecular complexity index is 159. The predicted octanol–water partition coefficient (Wildman–Crippen LogP) is -1.61. The SMILES string of the molecule is OC1CN([C@@H]2CCNC[C@H]2O)C1. The average Bonchev–Trinajstić information content (AvgIpc) is 2.01. The Morgan fingerprint density at radius 1 is 1.25 bits per heavy atom. The summed E-state index contributed by atoms with van der Waals surface area (Å²) in [5.41, 5.74) is 0. The molecular formula is C8H16N2O2. The highest BCUT2D eigenvalue weighted by atomic mass is 16.3. The minimum atomic E-state index is -0.258. The van der Waals surface area contributed by atoms with Gasteiger partial charge in [0.2, 0.25) is 0 Å². The van der Waals surface area contributed by atoms with E-state index in [4.69, 9.17) is 5.11 Å². The van der Waals surface area contributed by atoms with E-state index in [1.54, 1.807) is 0 Å². The fraction of sp³-hybridized carbons (Fsp3) is 1.00. The van der Waals surface area contributed by atoms with Crippen molar-refractivity contribution in [1.82, 2.24) is 10.2 Å². The molecule has 2 fully saturated rings. The summed E-state index contributed by atoms with van der Waals surface area (Å²) in [7, 11) is 0. The lowest BCUT2D eigenvalue weighted by atomic mass is 9.97. The molecule has 0 aromatic rings. The summed E-state index contributed by atoms with van der Waals surface area (Å²) in [6.07, 6.45) is 0.576. The Morgan fingerprint density at radius 2 is 2.00 bits per heavy atom. The number of likely N-dealkylation sites (tertiary alicyclic amines) is 1. The third kappa shape index (κ3) is 1.47. The van der Waals surface area contributed by atoms with Gasteiger partial charge < -0.3 is 15.5 Å². The molecule has 0 spiro atoms. The van der Waals surface area contributed by atoms with E-state index >= 15 is 0 Å². The van der Waals surface area contributed by atoms with Crippen molar-refractivity contribution >= 4 is 0 Å². The number of β-amino-alcohol motifs (C(OH)–C–C–N with tert-alkyl or cyclic N) is 2. The molecule has 4 nitrogen and oxygen atoms in total. The highest BCUT2D eigenvalue weighted by Gasteiger charge is 2.35. The van der Waals surface area contributed by atoms with Crippen molar-refractivity contribution in [3.05, 3.63) is 0 Å². The lowest BCUT2D eigenvalue weighted by molar-refractivity contribution is -0.0680. The van der Waals surface area contributed by atoms with E-state index in [2.05, 4.69) is 10.2 Å². The van der Waals surface area contributed by atoms with Crippen LogP contribution in [0.4, 0.5) is 0 Å². The fourth-order valence-electron chi connectivity index (χ4n) is 2.01. The third-order valence-corrected chi connectivity index (χ3v) is 2.77. The Kier molecular flexibility index (Phi) is 2.32. The van der Waals surface area contributed by atoms with Gasteiger partial charge in [-0.25, -0.2) is 0 Å². The average molecular weight is 172 g/mol. The molecule has 0 unspecified atom stereocenters. The van der Waals surface area contributed by atoms with Crippen molar-refractivity contribution in [3.8, 4) is 0 Å². The van der Waals surface area contributed by atoms with Crippen molar-refractivity contribution in [2.45, 2.75) is 24.7 Å². The fourth-order valence-corrected chi connectivity index (χ4v) is 2.01. The van der Waals surface area contributed by atoms with Crippen LogP contribution in [0.3, 0.4) is 0 Å². The lowest BCUT2D eigenvalue weighted by Crippen LogP contribution is -2.62. The molecule has 0 aromatic carbocycles. The first kappa shape index (κ1) is 8.44. The van der Waals surface area contributed by atoms with E-state index < -0.39 is 0 Å². The standard InChI is InChI=1S/C8H16N2O2/c11-6-4-10(5-6)7-1-2-9-3-8(7)12/h6-9,11-12H,1-5H2/t7-,8-/m1/s1. The van der Waals surface area contributed by atoms with Crippen LogP contribution in [0.15, 0.2) is 0 Å². The maximum absolute atomic E-state index is 9.60. The molecule has 0 bridgehead atoms. The van der Waals surface area contributed by atoms with E-state index in [1.807, 2.05) is 0 Å². The van der Waals surface area contributed by atoms with Crippen molar-refractivity contribution in [2.24, 2.45) is 0 Å². The van der Waals surface area contributed by atoms with Crippen molar-refractivity contribution in [1.29, 1.82) is 0 Å². The number of hydrogen-bond acceptors (Lipinski definition) is 4. The number of piperidine rings is 1. The first-order valence-corrected chi connectivity index (χ1v) is 4.58. The van der Waals surface area contributed by atoms with Gasteiger partial charge in [-0.15, -0.1) is 0 Å². The topological polar surface area (TPSA) is 55.7 Å². The summed E-state index contributed by atoms with van der Waals surface area (Å²) in [6.45, 7) is 3.15. The van der Waals surface area contributed by atoms with E-state index in [-0.39, 0.29) is 18.2 Å². The van der Waals surface area contributed by atoms with Crippen LogP contribution in [0, 0.1) is 0 Å². The molecule has 2 aliphatic rings. The van der Waals surface area contributed by atoms with Gasteiger partial charge in [0.15, 0.2) is 0 Å². The molecule has 2 rings (SSSR count). The Hall–Kier alpha value is -0.160. The van der Waals surface area contributed by atoms with Crippen LogP contribution in [0.1, 0.15) is 6.42 Å². The number of aliphatic hydroxyl groups excluding tert-OH is 2. The van der Waals surface area contributed by atoms with Gasteiger partial charge in [-0.2, -0.15) is 0 Å². The van der Waals surface area contributed by atoms with E-state index in [0.717, 1.165) is 26.1 Å². The molecule has 0 aromatic heterocycles. The van der Waals surface area contributed by atoms with Crippen LogP contribution in [-0.2, 0) is 0 Å². The summed E-state index contributed by atoms with van der Waals surface area (Å²) in [5.74, 6) is 0. The van der Waals surface area contributed by atoms with Gasteiger partial charge in [-0.1, -0.05) is 0 Å². The molecule has 0 radical (unpaired) electrons. The van der Waals surface area contributed by atoms with Crippen LogP contribution in [-0.4, -0.2) is 59.5 Å². The predicted molar refractivity (Wildman–Crippen MR) is 44.9 cm³/mol. The smallest absolute Gasteiger partial charge is 0.0820 e. The molecule has 0 amide bonds. The number of rotatable bonds is 1. The van der Waals surface area contributed by atoms with Gasteiger partial charge in [0, 0.05) is 25.7 Å². The molecule has 2 saturated heterocycles. The zero-order valence-corrected chi connectivity index (χ0v) is 7.11. The molecule has 3 N–H and O–H groups in total. The van der Waals surface area contributed by atoms with Crippen molar-refractivity contribution in [2.75, 3.05) is 26.2 Å². The Morgan fingerprint density at radius 3 is 2.58 bits per heavy atom. The second-order valence-electron chi connectivity index (χ2n) is 3.74. The first-order valence-electron chi connectivity index (χ1n) is 4.58. The number of nitrogens with zero attached hydrogens (tertiary/aromatic N) is 1. The van der Waals surface area contributed by atoms with Gasteiger partial charge in [-0.05, 0) is 13.0 Å². The molecule has 2 aliphatic heterocycles. The normalized spacial score (nSPS) is 39.5. The maximum atomic E-state index is 9.60. The van der Waals surface area contributed by atoms with Crippen LogP contribution >= 0.6 is 0 Å². The summed E-state index contributed by atoms with van der Waals surface area (Å²) in [4.78, 5) is 2.16. The Balaban J connectivity index is 1.85. The second-order valence-corrected chi connectivity index (χ2v) is 3.74. The second kappa shape index (κ2) is 3.30. The van der Waals surface area contributed by atoms with Crippen molar-refractivity contribution in [3.63, 3.8) is 0 Å². The highest BCUT2D eigenvalue weighted by Crippen LogP contribution is 2.18. The largest absolute Gasteiger partial charge is 0.390 e. The monoisotopic (exact) mass is 172 g/mol. The van der Waals surface area contributed by atoms with Crippen molar-refractivity contribution < 1.29 is 10.2 Å². The van der Waals surface area contributed by atoms with Gasteiger partial charge in [0.25, 0.3) is 0 Å². The Labute approximate surface area is 72.2 Å². The first-order chi connectivity index (χ1) is 5.77. The zero-order chi connectivity index (χ0) is 8.55. The van der Waals surface area contributed by atoms with E-state index in [9.17, 15) is 5.11 Å². The third-order valence-electron chi connectivity index (χ3n) is 2.77. The van der Waals surface area contributed by atoms with E-state index in [1.165, 1.54) is 0 Å². The maximum Gasteiger partial charge on any atom is 0.0820 e. The minimum absolute atomic E-state index is 0.160. The van der Waals surface area contributed by atoms with Gasteiger partial charge in [-0.3, -0.25) is 4.90 Å². The number of hydrogen-bond donors (Lipinski definition) is 3. The summed E-state index contributed by atoms with van der Waals surface area (Å²) >= 11 is 0. The number of aliphatic hydroxyl groups is 2. The quantitative estimate of drug-likeness (QED) is 0.445. The van der Waals surface area contributed by atoms with Crippen LogP contribution in [0.5, 0.6) is 0 Å². The summed E-state index contributed by atoms with van der Waals surface area (Å²) < 4.78 is 0. The molecule has 2 atom stereocenters. The minimum Gasteiger partial charge on any atom is -0.390 e. The summed E-state index contributed by atoms with van der Waals surface area (Å²) in [5, 5.41) is 21.8. The molecule has 70 valence electrons. The zero-order valence-electron chi connectivity index (χ0n) is 7.11. The molecular weight excluding hydrogens is 156 g/mol. The molecule has 0 aliphatic carbocycles. The van der Waals surface area contributed by atoms with Crippen LogP contribution in [0.25, 0.3) is 0 Å². The van der Waals surface area contributed by atoms with Gasteiger partial charge in [0.1, 0.15) is 0 Å². The molecule has 0 saturated carbocycles. The van der Waals surface area contributed by atoms with Gasteiger partial charge >= 0.3 is 0 Å². The molecule has 2 heterocycles. The van der Waals surface area contributed by atoms with Crippen LogP contribution in [0.2, 0.25) is 0 Å². The van der Waals surface area contributed by atoms with Gasteiger partial charge in [0.05, 0.1) is 12.2 Å². The summed E-state index contributed by atoms with van der Waals surface area (Å²) in [6, 6.07) is 0.273. The lowest BCUT2D eigenvalue weighted by Gasteiger charge is -2.45.